The summed E-state index contributed by atoms with van der Waals surface area (Å²) >= 11 is 5.68. The Bertz CT molecular complexity index is 794. The van der Waals surface area contributed by atoms with Crippen LogP contribution >= 0.6 is 11.6 Å². The second kappa shape index (κ2) is 8.46. The fourth-order valence-electron chi connectivity index (χ4n) is 5.19. The lowest BCUT2D eigenvalue weighted by Gasteiger charge is -2.46. The molecule has 1 aliphatic carbocycles. The molecule has 5 heteroatoms. The van der Waals surface area contributed by atoms with E-state index in [9.17, 15) is 4.39 Å². The van der Waals surface area contributed by atoms with Crippen LogP contribution in [-0.2, 0) is 16.6 Å². The fourth-order valence-corrected chi connectivity index (χ4v) is 5.29. The topological polar surface area (TPSA) is 35.0 Å². The van der Waals surface area contributed by atoms with Crippen molar-refractivity contribution in [3.05, 3.63) is 58.9 Å². The van der Waals surface area contributed by atoms with Crippen LogP contribution in [0.1, 0.15) is 69.0 Å². The molecular formula is C23H28ClFN2O. The molecule has 150 valence electrons. The third-order valence-electron chi connectivity index (χ3n) is 6.60. The minimum atomic E-state index is -0.434. The lowest BCUT2D eigenvalue weighted by atomic mass is 9.67. The molecular weight excluding hydrogens is 375 g/mol. The van der Waals surface area contributed by atoms with Crippen molar-refractivity contribution in [2.75, 3.05) is 6.61 Å². The molecule has 3 heterocycles. The third-order valence-corrected chi connectivity index (χ3v) is 6.87. The van der Waals surface area contributed by atoms with Gasteiger partial charge in [0, 0.05) is 30.1 Å². The Morgan fingerprint density at radius 1 is 1.11 bits per heavy atom. The Hall–Kier alpha value is -1.52. The molecule has 2 aliphatic rings. The van der Waals surface area contributed by atoms with Crippen molar-refractivity contribution in [3.8, 4) is 0 Å². The van der Waals surface area contributed by atoms with Gasteiger partial charge in [0.05, 0.1) is 5.60 Å². The van der Waals surface area contributed by atoms with E-state index in [1.165, 1.54) is 37.4 Å². The number of rotatable bonds is 6. The molecule has 28 heavy (non-hydrogen) atoms. The van der Waals surface area contributed by atoms with Crippen molar-refractivity contribution in [1.29, 1.82) is 0 Å². The van der Waals surface area contributed by atoms with Gasteiger partial charge in [-0.3, -0.25) is 4.98 Å². The standard InChI is InChI=1S/C23H28ClFN2O/c24-21-19(25)15-18(16-27-21)7-1-3-9-22(20-8-2-6-13-26-20)12-14-28-23(17-22)10-4-5-11-23/h2,6,8,13,15-16H,1,3-5,7,9-12,14,17H2/t22-/m1/s1. The van der Waals surface area contributed by atoms with Crippen LogP contribution < -0.4 is 0 Å². The van der Waals surface area contributed by atoms with Crippen LogP contribution in [0, 0.1) is 5.82 Å². The van der Waals surface area contributed by atoms with E-state index in [1.54, 1.807) is 6.20 Å². The van der Waals surface area contributed by atoms with Crippen molar-refractivity contribution in [3.63, 3.8) is 0 Å². The summed E-state index contributed by atoms with van der Waals surface area (Å²) in [6.45, 7) is 0.822. The van der Waals surface area contributed by atoms with Gasteiger partial charge in [0.1, 0.15) is 0 Å². The highest BCUT2D eigenvalue weighted by Gasteiger charge is 2.48. The molecule has 0 N–H and O–H groups in total. The first kappa shape index (κ1) is 19.8. The summed E-state index contributed by atoms with van der Waals surface area (Å²) in [5, 5.41) is -0.0538. The minimum Gasteiger partial charge on any atom is -0.375 e. The van der Waals surface area contributed by atoms with Gasteiger partial charge in [-0.15, -0.1) is 0 Å². The molecule has 1 saturated carbocycles. The summed E-state index contributed by atoms with van der Waals surface area (Å²) in [6.07, 6.45) is 14.6. The number of pyridine rings is 2. The Morgan fingerprint density at radius 3 is 2.71 bits per heavy atom. The summed E-state index contributed by atoms with van der Waals surface area (Å²) in [7, 11) is 0. The molecule has 2 aromatic heterocycles. The van der Waals surface area contributed by atoms with Crippen molar-refractivity contribution in [1.82, 2.24) is 9.97 Å². The first-order valence-corrected chi connectivity index (χ1v) is 10.8. The van der Waals surface area contributed by atoms with E-state index in [1.807, 2.05) is 12.3 Å². The SMILES string of the molecule is Fc1cc(CCCC[C@@]2(c3ccccn3)CCOC3(CCCC3)C2)cnc1Cl. The lowest BCUT2D eigenvalue weighted by Crippen LogP contribution is -2.46. The number of nitrogens with zero attached hydrogens (tertiary/aromatic N) is 2. The number of hydrogen-bond donors (Lipinski definition) is 0. The molecule has 0 unspecified atom stereocenters. The normalized spacial score (nSPS) is 23.9. The molecule has 1 spiro atoms. The molecule has 0 bridgehead atoms. The van der Waals surface area contributed by atoms with Crippen LogP contribution in [0.5, 0.6) is 0 Å². The van der Waals surface area contributed by atoms with Gasteiger partial charge < -0.3 is 4.74 Å². The predicted molar refractivity (Wildman–Crippen MR) is 109 cm³/mol. The highest BCUT2D eigenvalue weighted by atomic mass is 35.5. The maximum Gasteiger partial charge on any atom is 0.164 e. The van der Waals surface area contributed by atoms with E-state index < -0.39 is 5.82 Å². The molecule has 2 fully saturated rings. The first-order chi connectivity index (χ1) is 13.6. The van der Waals surface area contributed by atoms with Gasteiger partial charge in [-0.2, -0.15) is 0 Å². The average Bonchev–Trinajstić information content (AvgIpc) is 3.16. The quantitative estimate of drug-likeness (QED) is 0.436. The van der Waals surface area contributed by atoms with E-state index in [4.69, 9.17) is 21.3 Å². The molecule has 0 amide bonds. The van der Waals surface area contributed by atoms with Crippen molar-refractivity contribution < 1.29 is 9.13 Å². The zero-order chi connectivity index (χ0) is 19.5. The van der Waals surface area contributed by atoms with Crippen LogP contribution in [0.25, 0.3) is 0 Å². The van der Waals surface area contributed by atoms with Gasteiger partial charge in [-0.1, -0.05) is 36.9 Å². The minimum absolute atomic E-state index is 0.0538. The van der Waals surface area contributed by atoms with Crippen LogP contribution in [0.3, 0.4) is 0 Å². The molecule has 3 nitrogen and oxygen atoms in total. The third kappa shape index (κ3) is 4.23. The van der Waals surface area contributed by atoms with Gasteiger partial charge in [0.15, 0.2) is 11.0 Å². The largest absolute Gasteiger partial charge is 0.375 e. The van der Waals surface area contributed by atoms with Gasteiger partial charge in [0.25, 0.3) is 0 Å². The molecule has 1 aliphatic heterocycles. The number of ether oxygens (including phenoxy) is 1. The second-order valence-corrected chi connectivity index (χ2v) is 8.84. The Kier molecular flexibility index (Phi) is 5.98. The van der Waals surface area contributed by atoms with Crippen LogP contribution in [0.15, 0.2) is 36.7 Å². The zero-order valence-corrected chi connectivity index (χ0v) is 17.1. The molecule has 1 saturated heterocycles. The van der Waals surface area contributed by atoms with Crippen molar-refractivity contribution in [2.45, 2.75) is 75.2 Å². The first-order valence-electron chi connectivity index (χ1n) is 10.5. The Labute approximate surface area is 171 Å². The van der Waals surface area contributed by atoms with Crippen LogP contribution in [0.2, 0.25) is 5.15 Å². The second-order valence-electron chi connectivity index (χ2n) is 8.48. The monoisotopic (exact) mass is 402 g/mol. The fraction of sp³-hybridized carbons (Fsp3) is 0.565. The summed E-state index contributed by atoms with van der Waals surface area (Å²) in [6, 6.07) is 7.78. The zero-order valence-electron chi connectivity index (χ0n) is 16.3. The van der Waals surface area contributed by atoms with Gasteiger partial charge >= 0.3 is 0 Å². The summed E-state index contributed by atoms with van der Waals surface area (Å²) in [5.41, 5.74) is 2.27. The molecule has 0 aromatic carbocycles. The Balaban J connectivity index is 1.45. The predicted octanol–water partition coefficient (Wildman–Crippen LogP) is 6.04. The highest BCUT2D eigenvalue weighted by Crippen LogP contribution is 2.50. The molecule has 4 rings (SSSR count). The van der Waals surface area contributed by atoms with E-state index in [2.05, 4.69) is 17.1 Å². The average molecular weight is 403 g/mol. The van der Waals surface area contributed by atoms with E-state index in [0.717, 1.165) is 50.7 Å². The van der Waals surface area contributed by atoms with Crippen LogP contribution in [0.4, 0.5) is 4.39 Å². The maximum atomic E-state index is 13.6. The molecule has 2 aromatic rings. The number of aryl methyl sites for hydroxylation is 1. The van der Waals surface area contributed by atoms with Gasteiger partial charge in [-0.05, 0) is 68.7 Å². The van der Waals surface area contributed by atoms with E-state index in [0.29, 0.717) is 0 Å². The smallest absolute Gasteiger partial charge is 0.164 e. The summed E-state index contributed by atoms with van der Waals surface area (Å²) < 4.78 is 19.9. The number of halogens is 2. The molecule has 1 atom stereocenters. The van der Waals surface area contributed by atoms with E-state index >= 15 is 0 Å². The molecule has 0 radical (unpaired) electrons. The van der Waals surface area contributed by atoms with Crippen LogP contribution in [-0.4, -0.2) is 22.2 Å². The number of unbranched alkanes of at least 4 members (excludes halogenated alkanes) is 1. The van der Waals surface area contributed by atoms with E-state index in [-0.39, 0.29) is 16.2 Å². The highest BCUT2D eigenvalue weighted by molar-refractivity contribution is 6.29. The summed E-state index contributed by atoms with van der Waals surface area (Å²) in [4.78, 5) is 8.68. The lowest BCUT2D eigenvalue weighted by molar-refractivity contribution is -0.104. The van der Waals surface area contributed by atoms with Crippen molar-refractivity contribution >= 4 is 11.6 Å². The summed E-state index contributed by atoms with van der Waals surface area (Å²) in [5.74, 6) is -0.434. The van der Waals surface area contributed by atoms with Gasteiger partial charge in [-0.25, -0.2) is 9.37 Å². The maximum absolute atomic E-state index is 13.6. The number of hydrogen-bond acceptors (Lipinski definition) is 3. The van der Waals surface area contributed by atoms with Gasteiger partial charge in [0.2, 0.25) is 0 Å². The van der Waals surface area contributed by atoms with Crippen molar-refractivity contribution in [2.24, 2.45) is 0 Å². The Morgan fingerprint density at radius 2 is 1.96 bits per heavy atom. The number of aromatic nitrogens is 2.